The SMILES string of the molecule is CCOC(C)OC1CCCC(C(C)CC)C1. The molecule has 1 aliphatic carbocycles. The molecular weight excluding hydrogens is 200 g/mol. The van der Waals surface area contributed by atoms with Crippen molar-refractivity contribution in [2.24, 2.45) is 11.8 Å². The Labute approximate surface area is 101 Å². The first-order valence-corrected chi connectivity index (χ1v) is 6.94. The minimum absolute atomic E-state index is 0.0364. The summed E-state index contributed by atoms with van der Waals surface area (Å²) in [5.41, 5.74) is 0. The summed E-state index contributed by atoms with van der Waals surface area (Å²) in [6.45, 7) is 9.43. The van der Waals surface area contributed by atoms with Crippen molar-refractivity contribution >= 4 is 0 Å². The van der Waals surface area contributed by atoms with Crippen LogP contribution >= 0.6 is 0 Å². The predicted octanol–water partition coefficient (Wildman–Crippen LogP) is 3.99. The van der Waals surface area contributed by atoms with E-state index in [4.69, 9.17) is 9.47 Å². The monoisotopic (exact) mass is 228 g/mol. The Hall–Kier alpha value is -0.0800. The second-order valence-electron chi connectivity index (χ2n) is 5.09. The van der Waals surface area contributed by atoms with Crippen LogP contribution in [0, 0.1) is 11.8 Å². The lowest BCUT2D eigenvalue weighted by Gasteiger charge is -2.33. The Bertz CT molecular complexity index is 182. The third-order valence-corrected chi connectivity index (χ3v) is 3.90. The third kappa shape index (κ3) is 4.42. The van der Waals surface area contributed by atoms with Crippen LogP contribution in [0.2, 0.25) is 0 Å². The van der Waals surface area contributed by atoms with Crippen LogP contribution in [0.5, 0.6) is 0 Å². The molecule has 0 aromatic heterocycles. The van der Waals surface area contributed by atoms with Gasteiger partial charge in [-0.05, 0) is 38.5 Å². The fourth-order valence-electron chi connectivity index (χ4n) is 2.70. The van der Waals surface area contributed by atoms with Gasteiger partial charge in [0.15, 0.2) is 6.29 Å². The molecule has 0 bridgehead atoms. The van der Waals surface area contributed by atoms with E-state index in [1.54, 1.807) is 0 Å². The summed E-state index contributed by atoms with van der Waals surface area (Å²) >= 11 is 0. The van der Waals surface area contributed by atoms with Gasteiger partial charge in [-0.25, -0.2) is 0 Å². The van der Waals surface area contributed by atoms with E-state index in [2.05, 4.69) is 13.8 Å². The lowest BCUT2D eigenvalue weighted by Crippen LogP contribution is -2.30. The Morgan fingerprint density at radius 1 is 1.19 bits per heavy atom. The molecule has 0 saturated heterocycles. The molecule has 0 N–H and O–H groups in total. The zero-order valence-electron chi connectivity index (χ0n) is 11.4. The first-order valence-electron chi connectivity index (χ1n) is 6.94. The highest BCUT2D eigenvalue weighted by atomic mass is 16.7. The summed E-state index contributed by atoms with van der Waals surface area (Å²) in [6.07, 6.45) is 6.82. The molecule has 16 heavy (non-hydrogen) atoms. The van der Waals surface area contributed by atoms with Crippen LogP contribution in [-0.4, -0.2) is 19.0 Å². The van der Waals surface area contributed by atoms with Gasteiger partial charge >= 0.3 is 0 Å². The fraction of sp³-hybridized carbons (Fsp3) is 1.00. The summed E-state index contributed by atoms with van der Waals surface area (Å²) in [5, 5.41) is 0. The number of hydrogen-bond donors (Lipinski definition) is 0. The summed E-state index contributed by atoms with van der Waals surface area (Å²) in [6, 6.07) is 0. The minimum atomic E-state index is -0.0364. The molecule has 0 spiro atoms. The topological polar surface area (TPSA) is 18.5 Å². The second-order valence-corrected chi connectivity index (χ2v) is 5.09. The zero-order valence-corrected chi connectivity index (χ0v) is 11.4. The summed E-state index contributed by atoms with van der Waals surface area (Å²) in [7, 11) is 0. The molecule has 0 aromatic carbocycles. The molecule has 0 amide bonds. The van der Waals surface area contributed by atoms with Crippen molar-refractivity contribution in [1.29, 1.82) is 0 Å². The van der Waals surface area contributed by atoms with Gasteiger partial charge in [-0.15, -0.1) is 0 Å². The summed E-state index contributed by atoms with van der Waals surface area (Å²) in [5.74, 6) is 1.70. The van der Waals surface area contributed by atoms with E-state index in [9.17, 15) is 0 Å². The van der Waals surface area contributed by atoms with E-state index >= 15 is 0 Å². The highest BCUT2D eigenvalue weighted by Gasteiger charge is 2.26. The molecule has 1 aliphatic rings. The number of hydrogen-bond acceptors (Lipinski definition) is 2. The standard InChI is InChI=1S/C14H28O2/c1-5-11(3)13-8-7-9-14(10-13)16-12(4)15-6-2/h11-14H,5-10H2,1-4H3. The van der Waals surface area contributed by atoms with Gasteiger partial charge in [0.25, 0.3) is 0 Å². The van der Waals surface area contributed by atoms with Crippen LogP contribution in [0.1, 0.15) is 59.8 Å². The zero-order chi connectivity index (χ0) is 12.0. The molecule has 0 aromatic rings. The smallest absolute Gasteiger partial charge is 0.155 e. The molecule has 2 heteroatoms. The van der Waals surface area contributed by atoms with Crippen molar-refractivity contribution in [3.63, 3.8) is 0 Å². The van der Waals surface area contributed by atoms with E-state index in [0.717, 1.165) is 18.4 Å². The van der Waals surface area contributed by atoms with Crippen molar-refractivity contribution < 1.29 is 9.47 Å². The molecular formula is C14H28O2. The molecule has 4 atom stereocenters. The molecule has 1 saturated carbocycles. The highest BCUT2D eigenvalue weighted by molar-refractivity contribution is 4.76. The Morgan fingerprint density at radius 2 is 1.94 bits per heavy atom. The van der Waals surface area contributed by atoms with Crippen molar-refractivity contribution in [3.8, 4) is 0 Å². The maximum Gasteiger partial charge on any atom is 0.155 e. The first-order chi connectivity index (χ1) is 7.67. The molecule has 0 radical (unpaired) electrons. The van der Waals surface area contributed by atoms with Gasteiger partial charge in [-0.3, -0.25) is 0 Å². The molecule has 0 aliphatic heterocycles. The molecule has 2 nitrogen and oxygen atoms in total. The van der Waals surface area contributed by atoms with E-state index < -0.39 is 0 Å². The van der Waals surface area contributed by atoms with Gasteiger partial charge in [0.2, 0.25) is 0 Å². The first kappa shape index (κ1) is 14.0. The van der Waals surface area contributed by atoms with Gasteiger partial charge in [-0.2, -0.15) is 0 Å². The predicted molar refractivity (Wildman–Crippen MR) is 67.4 cm³/mol. The van der Waals surface area contributed by atoms with Gasteiger partial charge in [0.05, 0.1) is 6.10 Å². The fourth-order valence-corrected chi connectivity index (χ4v) is 2.70. The largest absolute Gasteiger partial charge is 0.353 e. The van der Waals surface area contributed by atoms with Crippen molar-refractivity contribution in [3.05, 3.63) is 0 Å². The maximum absolute atomic E-state index is 5.93. The number of ether oxygens (including phenoxy) is 2. The van der Waals surface area contributed by atoms with Crippen molar-refractivity contribution in [2.75, 3.05) is 6.61 Å². The van der Waals surface area contributed by atoms with Crippen LogP contribution in [0.25, 0.3) is 0 Å². The van der Waals surface area contributed by atoms with E-state index in [1.165, 1.54) is 32.1 Å². The van der Waals surface area contributed by atoms with Gasteiger partial charge in [0.1, 0.15) is 0 Å². The van der Waals surface area contributed by atoms with Gasteiger partial charge in [0, 0.05) is 6.61 Å². The van der Waals surface area contributed by atoms with Crippen LogP contribution < -0.4 is 0 Å². The Morgan fingerprint density at radius 3 is 2.56 bits per heavy atom. The van der Waals surface area contributed by atoms with Gasteiger partial charge < -0.3 is 9.47 Å². The minimum Gasteiger partial charge on any atom is -0.353 e. The highest BCUT2D eigenvalue weighted by Crippen LogP contribution is 2.33. The lowest BCUT2D eigenvalue weighted by molar-refractivity contribution is -0.168. The van der Waals surface area contributed by atoms with E-state index in [1.807, 2.05) is 13.8 Å². The number of rotatable bonds is 6. The average molecular weight is 228 g/mol. The van der Waals surface area contributed by atoms with Crippen molar-refractivity contribution in [1.82, 2.24) is 0 Å². The molecule has 1 rings (SSSR count). The lowest BCUT2D eigenvalue weighted by atomic mass is 9.78. The Balaban J connectivity index is 2.32. The summed E-state index contributed by atoms with van der Waals surface area (Å²) in [4.78, 5) is 0. The third-order valence-electron chi connectivity index (χ3n) is 3.90. The van der Waals surface area contributed by atoms with E-state index in [0.29, 0.717) is 6.10 Å². The van der Waals surface area contributed by atoms with Crippen LogP contribution in [0.15, 0.2) is 0 Å². The van der Waals surface area contributed by atoms with Crippen LogP contribution in [0.3, 0.4) is 0 Å². The molecule has 0 heterocycles. The van der Waals surface area contributed by atoms with Gasteiger partial charge in [-0.1, -0.05) is 33.1 Å². The average Bonchev–Trinajstić information content (AvgIpc) is 2.28. The molecule has 4 unspecified atom stereocenters. The Kier molecular flexibility index (Phi) is 6.37. The van der Waals surface area contributed by atoms with E-state index in [-0.39, 0.29) is 6.29 Å². The van der Waals surface area contributed by atoms with Crippen LogP contribution in [0.4, 0.5) is 0 Å². The summed E-state index contributed by atoms with van der Waals surface area (Å²) < 4.78 is 11.4. The molecule has 96 valence electrons. The normalized spacial score (nSPS) is 30.0. The quantitative estimate of drug-likeness (QED) is 0.640. The van der Waals surface area contributed by atoms with Crippen molar-refractivity contribution in [2.45, 2.75) is 72.2 Å². The van der Waals surface area contributed by atoms with Crippen LogP contribution in [-0.2, 0) is 9.47 Å². The second kappa shape index (κ2) is 7.29. The molecule has 1 fully saturated rings. The maximum atomic E-state index is 5.93.